The molecule has 119 valence electrons. The van der Waals surface area contributed by atoms with Crippen molar-refractivity contribution in [2.75, 3.05) is 0 Å². The van der Waals surface area contributed by atoms with Crippen LogP contribution in [0.1, 0.15) is 90.9 Å². The summed E-state index contributed by atoms with van der Waals surface area (Å²) in [6.07, 6.45) is 20.5. The van der Waals surface area contributed by atoms with Crippen LogP contribution in [-0.4, -0.2) is 0 Å². The smallest absolute Gasteiger partial charge is 0.0836 e. The average Bonchev–Trinajstić information content (AvgIpc) is 2.51. The predicted octanol–water partition coefficient (Wildman–Crippen LogP) is 6.41. The SMILES string of the molecule is C#CC(C#CCCCCCCCC[CH2])C(CC)CCCC. The monoisotopic (exact) mass is 287 g/mol. The molecule has 0 amide bonds. The lowest BCUT2D eigenvalue weighted by Crippen LogP contribution is -2.10. The molecule has 0 rings (SSSR count). The largest absolute Gasteiger partial charge is 0.119 e. The van der Waals surface area contributed by atoms with E-state index in [0.717, 1.165) is 19.3 Å². The van der Waals surface area contributed by atoms with E-state index in [2.05, 4.69) is 38.5 Å². The van der Waals surface area contributed by atoms with Gasteiger partial charge in [-0.3, -0.25) is 0 Å². The molecule has 2 atom stereocenters. The lowest BCUT2D eigenvalue weighted by molar-refractivity contribution is 0.410. The second kappa shape index (κ2) is 15.5. The van der Waals surface area contributed by atoms with E-state index in [9.17, 15) is 0 Å². The van der Waals surface area contributed by atoms with Gasteiger partial charge in [0.25, 0.3) is 0 Å². The summed E-state index contributed by atoms with van der Waals surface area (Å²) in [5.41, 5.74) is 0. The fraction of sp³-hybridized carbons (Fsp3) is 0.762. The summed E-state index contributed by atoms with van der Waals surface area (Å²) in [7, 11) is 0. The second-order valence-corrected chi connectivity index (χ2v) is 6.00. The van der Waals surface area contributed by atoms with Crippen LogP contribution in [0, 0.1) is 42.9 Å². The van der Waals surface area contributed by atoms with E-state index in [1.165, 1.54) is 57.8 Å². The van der Waals surface area contributed by atoms with Crippen LogP contribution in [0.3, 0.4) is 0 Å². The van der Waals surface area contributed by atoms with Crippen LogP contribution in [-0.2, 0) is 0 Å². The third-order valence-corrected chi connectivity index (χ3v) is 4.16. The third-order valence-electron chi connectivity index (χ3n) is 4.16. The first-order valence-electron chi connectivity index (χ1n) is 9.03. The lowest BCUT2D eigenvalue weighted by Gasteiger charge is -2.16. The Balaban J connectivity index is 3.85. The van der Waals surface area contributed by atoms with Gasteiger partial charge in [-0.15, -0.1) is 12.3 Å². The first-order chi connectivity index (χ1) is 10.3. The first-order valence-corrected chi connectivity index (χ1v) is 9.03. The molecule has 0 heterocycles. The van der Waals surface area contributed by atoms with Gasteiger partial charge in [-0.05, 0) is 18.8 Å². The summed E-state index contributed by atoms with van der Waals surface area (Å²) in [6, 6.07) is 0. The zero-order valence-electron chi connectivity index (χ0n) is 14.4. The second-order valence-electron chi connectivity index (χ2n) is 6.00. The molecule has 0 nitrogen and oxygen atoms in total. The maximum atomic E-state index is 5.67. The van der Waals surface area contributed by atoms with Gasteiger partial charge in [-0.2, -0.15) is 0 Å². The van der Waals surface area contributed by atoms with Crippen molar-refractivity contribution < 1.29 is 0 Å². The fourth-order valence-electron chi connectivity index (χ4n) is 2.65. The van der Waals surface area contributed by atoms with Crippen LogP contribution in [0.15, 0.2) is 0 Å². The highest BCUT2D eigenvalue weighted by Crippen LogP contribution is 2.21. The van der Waals surface area contributed by atoms with Crippen molar-refractivity contribution >= 4 is 0 Å². The van der Waals surface area contributed by atoms with E-state index < -0.39 is 0 Å². The van der Waals surface area contributed by atoms with Gasteiger partial charge in [-0.1, -0.05) is 90.4 Å². The van der Waals surface area contributed by atoms with Crippen molar-refractivity contribution in [3.05, 3.63) is 6.92 Å². The molecule has 0 aliphatic rings. The molecule has 0 spiro atoms. The third kappa shape index (κ3) is 11.5. The zero-order valence-corrected chi connectivity index (χ0v) is 14.4. The van der Waals surface area contributed by atoms with Crippen molar-refractivity contribution in [3.63, 3.8) is 0 Å². The minimum atomic E-state index is 0.165. The number of unbranched alkanes of at least 4 members (excludes halogenated alkanes) is 8. The molecular formula is C21H35. The van der Waals surface area contributed by atoms with Crippen LogP contribution in [0.5, 0.6) is 0 Å². The van der Waals surface area contributed by atoms with E-state index in [1.54, 1.807) is 0 Å². The number of hydrogen-bond acceptors (Lipinski definition) is 0. The highest BCUT2D eigenvalue weighted by Gasteiger charge is 2.14. The van der Waals surface area contributed by atoms with Gasteiger partial charge in [0.2, 0.25) is 0 Å². The van der Waals surface area contributed by atoms with E-state index in [1.807, 2.05) is 0 Å². The molecule has 21 heavy (non-hydrogen) atoms. The Morgan fingerprint density at radius 1 is 0.952 bits per heavy atom. The van der Waals surface area contributed by atoms with Crippen LogP contribution >= 0.6 is 0 Å². The minimum absolute atomic E-state index is 0.165. The molecule has 0 saturated heterocycles. The summed E-state index contributed by atoms with van der Waals surface area (Å²) in [6.45, 7) is 8.34. The highest BCUT2D eigenvalue weighted by atomic mass is 14.2. The van der Waals surface area contributed by atoms with E-state index in [-0.39, 0.29) is 5.92 Å². The predicted molar refractivity (Wildman–Crippen MR) is 95.7 cm³/mol. The van der Waals surface area contributed by atoms with Gasteiger partial charge in [0.1, 0.15) is 0 Å². The van der Waals surface area contributed by atoms with Crippen molar-refractivity contribution in [3.8, 4) is 24.2 Å². The molecule has 0 N–H and O–H groups in total. The zero-order chi connectivity index (χ0) is 15.8. The Morgan fingerprint density at radius 2 is 1.62 bits per heavy atom. The van der Waals surface area contributed by atoms with Gasteiger partial charge in [0, 0.05) is 6.42 Å². The molecule has 0 aliphatic heterocycles. The lowest BCUT2D eigenvalue weighted by atomic mass is 9.86. The van der Waals surface area contributed by atoms with Gasteiger partial charge in [0.15, 0.2) is 0 Å². The van der Waals surface area contributed by atoms with Gasteiger partial charge < -0.3 is 0 Å². The summed E-state index contributed by atoms with van der Waals surface area (Å²) >= 11 is 0. The number of terminal acetylenes is 1. The van der Waals surface area contributed by atoms with Crippen LogP contribution < -0.4 is 0 Å². The maximum absolute atomic E-state index is 5.67. The Bertz CT molecular complexity index is 309. The van der Waals surface area contributed by atoms with E-state index in [4.69, 9.17) is 6.42 Å². The molecule has 0 aromatic carbocycles. The van der Waals surface area contributed by atoms with E-state index >= 15 is 0 Å². The van der Waals surface area contributed by atoms with Gasteiger partial charge in [-0.25, -0.2) is 0 Å². The summed E-state index contributed by atoms with van der Waals surface area (Å²) in [4.78, 5) is 0. The van der Waals surface area contributed by atoms with E-state index in [0.29, 0.717) is 5.92 Å². The quantitative estimate of drug-likeness (QED) is 0.287. The van der Waals surface area contributed by atoms with Crippen molar-refractivity contribution in [1.82, 2.24) is 0 Å². The van der Waals surface area contributed by atoms with Crippen molar-refractivity contribution in [1.29, 1.82) is 0 Å². The van der Waals surface area contributed by atoms with Gasteiger partial charge in [0.05, 0.1) is 5.92 Å². The Hall–Kier alpha value is -0.880. The maximum Gasteiger partial charge on any atom is 0.0836 e. The molecule has 0 aromatic rings. The Kier molecular flexibility index (Phi) is 14.9. The van der Waals surface area contributed by atoms with Crippen molar-refractivity contribution in [2.45, 2.75) is 90.9 Å². The molecule has 0 fully saturated rings. The summed E-state index contributed by atoms with van der Waals surface area (Å²) in [5, 5.41) is 0. The Labute approximate surface area is 134 Å². The van der Waals surface area contributed by atoms with Crippen molar-refractivity contribution in [2.24, 2.45) is 11.8 Å². The molecular weight excluding hydrogens is 252 g/mol. The number of rotatable bonds is 12. The highest BCUT2D eigenvalue weighted by molar-refractivity contribution is 5.16. The average molecular weight is 288 g/mol. The standard InChI is InChI=1S/C21H35/c1-5-9-11-12-13-14-15-16-17-19-21(8-4)20(7-3)18-10-6-2/h4,20-21H,1,5-7,9-16,18H2,2-3H3. The fourth-order valence-corrected chi connectivity index (χ4v) is 2.65. The summed E-state index contributed by atoms with van der Waals surface area (Å²) in [5.74, 6) is 10.3. The van der Waals surface area contributed by atoms with Gasteiger partial charge >= 0.3 is 0 Å². The van der Waals surface area contributed by atoms with Crippen LogP contribution in [0.2, 0.25) is 0 Å². The molecule has 0 heteroatoms. The molecule has 0 saturated carbocycles. The molecule has 0 bridgehead atoms. The molecule has 0 aliphatic carbocycles. The molecule has 0 aromatic heterocycles. The normalized spacial score (nSPS) is 13.0. The van der Waals surface area contributed by atoms with Crippen LogP contribution in [0.4, 0.5) is 0 Å². The minimum Gasteiger partial charge on any atom is -0.119 e. The first kappa shape index (κ1) is 20.1. The number of hydrogen-bond donors (Lipinski definition) is 0. The molecule has 2 unspecified atom stereocenters. The summed E-state index contributed by atoms with van der Waals surface area (Å²) < 4.78 is 0. The molecule has 1 radical (unpaired) electrons. The topological polar surface area (TPSA) is 0 Å². The van der Waals surface area contributed by atoms with Crippen LogP contribution in [0.25, 0.3) is 0 Å². The Morgan fingerprint density at radius 3 is 2.19 bits per heavy atom.